The molecule has 0 saturated heterocycles. The molecule has 4 rings (SSSR count). The molecule has 27 heavy (non-hydrogen) atoms. The first kappa shape index (κ1) is 17.9. The van der Waals surface area contributed by atoms with E-state index in [0.717, 1.165) is 46.1 Å². The van der Waals surface area contributed by atoms with Gasteiger partial charge in [-0.15, -0.1) is 0 Å². The molecule has 1 aliphatic heterocycles. The predicted molar refractivity (Wildman–Crippen MR) is 109 cm³/mol. The Labute approximate surface area is 166 Å². The molecule has 1 aliphatic rings. The summed E-state index contributed by atoms with van der Waals surface area (Å²) in [7, 11) is 1.35. The van der Waals surface area contributed by atoms with Crippen LogP contribution in [0.5, 0.6) is 0 Å². The Bertz CT molecular complexity index is 1030. The number of anilines is 1. The van der Waals surface area contributed by atoms with E-state index in [0.29, 0.717) is 17.1 Å². The summed E-state index contributed by atoms with van der Waals surface area (Å²) in [6.45, 7) is 1.85. The van der Waals surface area contributed by atoms with Crippen LogP contribution >= 0.6 is 22.9 Å². The Morgan fingerprint density at radius 2 is 2.19 bits per heavy atom. The number of benzene rings is 1. The molecular weight excluding hydrogens is 382 g/mol. The van der Waals surface area contributed by atoms with Gasteiger partial charge in [0.25, 0.3) is 0 Å². The Morgan fingerprint density at radius 3 is 2.96 bits per heavy atom. The summed E-state index contributed by atoms with van der Waals surface area (Å²) in [6, 6.07) is 9.23. The second kappa shape index (κ2) is 7.66. The molecule has 3 heterocycles. The number of halogens is 1. The molecule has 7 heteroatoms. The van der Waals surface area contributed by atoms with Gasteiger partial charge in [-0.25, -0.2) is 14.8 Å². The lowest BCUT2D eigenvalue weighted by molar-refractivity contribution is 0.0593. The number of thiazole rings is 1. The number of hydrogen-bond acceptors (Lipinski definition) is 6. The van der Waals surface area contributed by atoms with Crippen molar-refractivity contribution in [3.8, 4) is 0 Å². The van der Waals surface area contributed by atoms with Crippen LogP contribution in [0, 0.1) is 0 Å². The van der Waals surface area contributed by atoms with E-state index < -0.39 is 5.97 Å². The summed E-state index contributed by atoms with van der Waals surface area (Å²) in [5.74, 6) is -0.442. The topological polar surface area (TPSA) is 55.3 Å². The van der Waals surface area contributed by atoms with Crippen LogP contribution in [0.4, 0.5) is 5.13 Å². The summed E-state index contributed by atoms with van der Waals surface area (Å²) in [6.07, 6.45) is 5.95. The van der Waals surface area contributed by atoms with Crippen molar-refractivity contribution in [1.29, 1.82) is 0 Å². The smallest absolute Gasteiger partial charge is 0.356 e. The first-order valence-electron chi connectivity index (χ1n) is 8.67. The minimum absolute atomic E-state index is 0.298. The minimum Gasteiger partial charge on any atom is -0.464 e. The minimum atomic E-state index is -0.442. The van der Waals surface area contributed by atoms with Crippen molar-refractivity contribution in [3.05, 3.63) is 64.5 Å². The second-order valence-corrected chi connectivity index (χ2v) is 7.74. The first-order valence-corrected chi connectivity index (χ1v) is 9.86. The number of hydrogen-bond donors (Lipinski definition) is 0. The molecule has 2 aromatic heterocycles. The van der Waals surface area contributed by atoms with Gasteiger partial charge in [-0.3, -0.25) is 0 Å². The molecule has 0 radical (unpaired) electrons. The quantitative estimate of drug-likeness (QED) is 0.478. The van der Waals surface area contributed by atoms with Crippen LogP contribution in [-0.4, -0.2) is 36.1 Å². The number of ether oxygens (including phenoxy) is 1. The van der Waals surface area contributed by atoms with Gasteiger partial charge in [-0.05, 0) is 36.2 Å². The van der Waals surface area contributed by atoms with Crippen molar-refractivity contribution in [3.63, 3.8) is 0 Å². The summed E-state index contributed by atoms with van der Waals surface area (Å²) in [4.78, 5) is 23.3. The zero-order chi connectivity index (χ0) is 18.8. The van der Waals surface area contributed by atoms with Gasteiger partial charge in [0.15, 0.2) is 5.13 Å². The third-order valence-electron chi connectivity index (χ3n) is 4.43. The van der Waals surface area contributed by atoms with Crippen molar-refractivity contribution in [2.45, 2.75) is 12.8 Å². The molecule has 5 nitrogen and oxygen atoms in total. The Morgan fingerprint density at radius 1 is 1.30 bits per heavy atom. The van der Waals surface area contributed by atoms with Gasteiger partial charge in [-0.1, -0.05) is 41.2 Å². The van der Waals surface area contributed by atoms with Crippen LogP contribution in [0.1, 0.15) is 28.2 Å². The number of carbonyl (C=O) groups is 1. The molecule has 3 aromatic rings. The second-order valence-electron chi connectivity index (χ2n) is 6.30. The van der Waals surface area contributed by atoms with Crippen LogP contribution in [-0.2, 0) is 11.2 Å². The third-order valence-corrected chi connectivity index (χ3v) is 5.71. The molecule has 0 fully saturated rings. The van der Waals surface area contributed by atoms with Crippen molar-refractivity contribution in [1.82, 2.24) is 9.97 Å². The fourth-order valence-electron chi connectivity index (χ4n) is 3.13. The Kier molecular flexibility index (Phi) is 5.09. The van der Waals surface area contributed by atoms with Gasteiger partial charge in [0.2, 0.25) is 0 Å². The highest BCUT2D eigenvalue weighted by Gasteiger charge is 2.16. The number of methoxy groups -OCH3 is 1. The van der Waals surface area contributed by atoms with Crippen LogP contribution in [0.25, 0.3) is 10.2 Å². The van der Waals surface area contributed by atoms with Crippen LogP contribution in [0.2, 0.25) is 5.02 Å². The van der Waals surface area contributed by atoms with Crippen molar-refractivity contribution >= 4 is 44.3 Å². The van der Waals surface area contributed by atoms with E-state index in [4.69, 9.17) is 21.3 Å². The number of carbonyl (C=O) groups excluding carboxylic acids is 1. The molecular formula is C20H18ClN3O2S. The van der Waals surface area contributed by atoms with Crippen molar-refractivity contribution in [2.75, 3.05) is 25.1 Å². The number of nitrogens with zero attached hydrogens (tertiary/aromatic N) is 3. The maximum Gasteiger partial charge on any atom is 0.356 e. The zero-order valence-electron chi connectivity index (χ0n) is 14.8. The highest BCUT2D eigenvalue weighted by atomic mass is 35.5. The first-order chi connectivity index (χ1) is 13.1. The monoisotopic (exact) mass is 399 g/mol. The van der Waals surface area contributed by atoms with Crippen LogP contribution in [0.3, 0.4) is 0 Å². The highest BCUT2D eigenvalue weighted by molar-refractivity contribution is 7.22. The van der Waals surface area contributed by atoms with E-state index in [1.165, 1.54) is 7.11 Å². The van der Waals surface area contributed by atoms with E-state index in [2.05, 4.69) is 22.0 Å². The summed E-state index contributed by atoms with van der Waals surface area (Å²) >= 11 is 8.01. The maximum atomic E-state index is 11.7. The molecule has 0 bridgehead atoms. The van der Waals surface area contributed by atoms with E-state index in [-0.39, 0.29) is 0 Å². The van der Waals surface area contributed by atoms with Crippen LogP contribution in [0.15, 0.2) is 42.5 Å². The SMILES string of the molecule is COC(=O)c1cccc(Cc2cc(Cl)cc3sc(N4CC=CCC4)nc23)n1. The molecule has 138 valence electrons. The Balaban J connectivity index is 1.70. The van der Waals surface area contributed by atoms with Gasteiger partial charge in [0.05, 0.1) is 17.3 Å². The number of fused-ring (bicyclic) bond motifs is 1. The maximum absolute atomic E-state index is 11.7. The summed E-state index contributed by atoms with van der Waals surface area (Å²) in [5, 5.41) is 1.68. The summed E-state index contributed by atoms with van der Waals surface area (Å²) in [5.41, 5.74) is 3.02. The zero-order valence-corrected chi connectivity index (χ0v) is 16.4. The van der Waals surface area contributed by atoms with Gasteiger partial charge < -0.3 is 9.64 Å². The molecule has 0 unspecified atom stereocenters. The average molecular weight is 400 g/mol. The van der Waals surface area contributed by atoms with E-state index in [1.807, 2.05) is 24.3 Å². The number of esters is 1. The highest BCUT2D eigenvalue weighted by Crippen LogP contribution is 2.34. The molecule has 0 N–H and O–H groups in total. The van der Waals surface area contributed by atoms with Gasteiger partial charge in [0, 0.05) is 30.2 Å². The third kappa shape index (κ3) is 3.82. The number of aromatic nitrogens is 2. The van der Waals surface area contributed by atoms with E-state index in [1.54, 1.807) is 17.4 Å². The number of pyridine rings is 1. The largest absolute Gasteiger partial charge is 0.464 e. The Hall–Kier alpha value is -2.44. The van der Waals surface area contributed by atoms with Gasteiger partial charge in [-0.2, -0.15) is 0 Å². The molecule has 0 aliphatic carbocycles. The normalized spacial score (nSPS) is 13.9. The molecule has 1 aromatic carbocycles. The molecule has 0 atom stereocenters. The van der Waals surface area contributed by atoms with E-state index in [9.17, 15) is 4.79 Å². The van der Waals surface area contributed by atoms with Gasteiger partial charge in [0.1, 0.15) is 5.69 Å². The fraction of sp³-hybridized carbons (Fsp3) is 0.250. The lowest BCUT2D eigenvalue weighted by Crippen LogP contribution is -2.26. The number of rotatable bonds is 4. The van der Waals surface area contributed by atoms with E-state index >= 15 is 0 Å². The van der Waals surface area contributed by atoms with Crippen molar-refractivity contribution in [2.24, 2.45) is 0 Å². The predicted octanol–water partition coefficient (Wildman–Crippen LogP) is 4.49. The fourth-order valence-corrected chi connectivity index (χ4v) is 4.52. The molecule has 0 amide bonds. The van der Waals surface area contributed by atoms with Crippen LogP contribution < -0.4 is 4.90 Å². The lowest BCUT2D eigenvalue weighted by atomic mass is 10.1. The summed E-state index contributed by atoms with van der Waals surface area (Å²) < 4.78 is 5.82. The molecule has 0 spiro atoms. The van der Waals surface area contributed by atoms with Gasteiger partial charge >= 0.3 is 5.97 Å². The molecule has 0 saturated carbocycles. The van der Waals surface area contributed by atoms with Crippen molar-refractivity contribution < 1.29 is 9.53 Å². The lowest BCUT2D eigenvalue weighted by Gasteiger charge is -2.22. The average Bonchev–Trinajstić information content (AvgIpc) is 3.12. The standard InChI is InChI=1S/C20H18ClN3O2S/c1-26-19(25)16-7-5-6-15(22-16)11-13-10-14(21)12-17-18(13)23-20(27-17)24-8-3-2-4-9-24/h2-3,5-7,10,12H,4,8-9,11H2,1H3.